The molecule has 0 fully saturated rings. The number of amides is 1. The van der Waals surface area contributed by atoms with Crippen LogP contribution in [0.4, 0.5) is 5.00 Å². The molecule has 6 heteroatoms. The molecule has 2 aromatic rings. The fraction of sp³-hybridized carbons (Fsp3) is 0.474. The van der Waals surface area contributed by atoms with Gasteiger partial charge in [-0.1, -0.05) is 12.5 Å². The number of rotatable bonds is 5. The molecule has 0 aliphatic heterocycles. The lowest BCUT2D eigenvalue weighted by atomic mass is 10.1. The second-order valence-corrected chi connectivity index (χ2v) is 8.83. The molecule has 1 unspecified atom stereocenters. The highest BCUT2D eigenvalue weighted by molar-refractivity contribution is 7.16. The first-order chi connectivity index (χ1) is 12.1. The van der Waals surface area contributed by atoms with Crippen LogP contribution in [0, 0.1) is 11.3 Å². The monoisotopic (exact) mass is 374 g/mol. The van der Waals surface area contributed by atoms with Gasteiger partial charge in [0, 0.05) is 4.88 Å². The van der Waals surface area contributed by atoms with Crippen LogP contribution in [0.15, 0.2) is 17.5 Å². The Balaban J connectivity index is 1.71. The average Bonchev–Trinajstić information content (AvgIpc) is 3.15. The Kier molecular flexibility index (Phi) is 5.89. The van der Waals surface area contributed by atoms with Crippen LogP contribution in [0.5, 0.6) is 0 Å². The molecule has 1 amide bonds. The number of likely N-dealkylation sites (N-methyl/N-ethyl adjacent to an activating group) is 1. The number of aryl methyl sites for hydroxylation is 1. The largest absolute Gasteiger partial charge is 0.323 e. The summed E-state index contributed by atoms with van der Waals surface area (Å²) in [6.45, 7) is 2.78. The number of nitrogens with zero attached hydrogens (tertiary/aromatic N) is 1. The van der Waals surface area contributed by atoms with E-state index in [0.717, 1.165) is 35.7 Å². The molecule has 2 heterocycles. The summed E-state index contributed by atoms with van der Waals surface area (Å²) in [5, 5.41) is 15.4. The molecule has 0 radical (unpaired) electrons. The molecular formula is C19H24N3OS2+. The van der Waals surface area contributed by atoms with Crippen molar-refractivity contribution in [1.29, 1.82) is 5.26 Å². The van der Waals surface area contributed by atoms with Crippen molar-refractivity contribution < 1.29 is 9.69 Å². The highest BCUT2D eigenvalue weighted by Gasteiger charge is 2.26. The summed E-state index contributed by atoms with van der Waals surface area (Å²) in [7, 11) is 2.04. The van der Waals surface area contributed by atoms with Gasteiger partial charge in [0.2, 0.25) is 0 Å². The molecule has 2 N–H and O–H groups in total. The maximum atomic E-state index is 12.7. The highest BCUT2D eigenvalue weighted by atomic mass is 32.1. The molecule has 25 heavy (non-hydrogen) atoms. The first-order valence-electron chi connectivity index (χ1n) is 8.80. The lowest BCUT2D eigenvalue weighted by molar-refractivity contribution is -0.907. The van der Waals surface area contributed by atoms with Crippen LogP contribution in [0.1, 0.15) is 47.1 Å². The Morgan fingerprint density at radius 2 is 2.20 bits per heavy atom. The second-order valence-electron chi connectivity index (χ2n) is 6.69. The summed E-state index contributed by atoms with van der Waals surface area (Å²) >= 11 is 3.32. The number of thiophene rings is 2. The predicted molar refractivity (Wildman–Crippen MR) is 103 cm³/mol. The van der Waals surface area contributed by atoms with E-state index in [9.17, 15) is 10.1 Å². The number of fused-ring (bicyclic) bond motifs is 1. The van der Waals surface area contributed by atoms with E-state index in [1.807, 2.05) is 20.0 Å². The van der Waals surface area contributed by atoms with Crippen LogP contribution in [0.25, 0.3) is 0 Å². The normalized spacial score (nSPS) is 16.4. The SMILES string of the molecule is C[C@@H](C(=O)Nc1sc2c(c1C#N)CCCCC2)[NH+](C)Cc1cccs1. The zero-order valence-corrected chi connectivity index (χ0v) is 16.4. The second kappa shape index (κ2) is 8.13. The maximum absolute atomic E-state index is 12.7. The molecule has 4 nitrogen and oxygen atoms in total. The van der Waals surface area contributed by atoms with Crippen LogP contribution in [-0.4, -0.2) is 19.0 Å². The van der Waals surface area contributed by atoms with Gasteiger partial charge < -0.3 is 10.2 Å². The third-order valence-corrected chi connectivity index (χ3v) is 7.02. The molecule has 0 bridgehead atoms. The highest BCUT2D eigenvalue weighted by Crippen LogP contribution is 2.36. The summed E-state index contributed by atoms with van der Waals surface area (Å²) in [6, 6.07) is 6.30. The molecule has 1 aliphatic carbocycles. The molecule has 2 atom stereocenters. The molecular weight excluding hydrogens is 350 g/mol. The Morgan fingerprint density at radius 3 is 2.92 bits per heavy atom. The van der Waals surface area contributed by atoms with E-state index < -0.39 is 0 Å². The van der Waals surface area contributed by atoms with Crippen molar-refractivity contribution in [2.45, 2.75) is 51.6 Å². The van der Waals surface area contributed by atoms with Crippen molar-refractivity contribution in [3.8, 4) is 6.07 Å². The van der Waals surface area contributed by atoms with E-state index in [0.29, 0.717) is 5.56 Å². The standard InChI is InChI=1S/C19H23N3OS2/c1-13(22(2)12-14-7-6-10-24-14)18(23)21-19-16(11-20)15-8-4-3-5-9-17(15)25-19/h6-7,10,13H,3-5,8-9,12H2,1-2H3,(H,21,23)/p+1/t13-/m0/s1. The smallest absolute Gasteiger partial charge is 0.283 e. The van der Waals surface area contributed by atoms with Crippen molar-refractivity contribution in [3.63, 3.8) is 0 Å². The molecule has 3 rings (SSSR count). The van der Waals surface area contributed by atoms with Crippen molar-refractivity contribution in [2.24, 2.45) is 0 Å². The summed E-state index contributed by atoms with van der Waals surface area (Å²) in [4.78, 5) is 16.4. The van der Waals surface area contributed by atoms with Crippen LogP contribution in [0.3, 0.4) is 0 Å². The van der Waals surface area contributed by atoms with Crippen molar-refractivity contribution in [1.82, 2.24) is 0 Å². The Bertz CT molecular complexity index is 773. The number of nitriles is 1. The summed E-state index contributed by atoms with van der Waals surface area (Å²) in [5.41, 5.74) is 1.87. The average molecular weight is 375 g/mol. The predicted octanol–water partition coefficient (Wildman–Crippen LogP) is 2.99. The van der Waals surface area contributed by atoms with Gasteiger partial charge in [0.15, 0.2) is 6.04 Å². The van der Waals surface area contributed by atoms with Gasteiger partial charge >= 0.3 is 0 Å². The van der Waals surface area contributed by atoms with Crippen molar-refractivity contribution in [3.05, 3.63) is 38.4 Å². The third-order valence-electron chi connectivity index (χ3n) is 4.94. The minimum absolute atomic E-state index is 0.0121. The lowest BCUT2D eigenvalue weighted by Gasteiger charge is -2.20. The van der Waals surface area contributed by atoms with Crippen LogP contribution < -0.4 is 10.2 Å². The zero-order chi connectivity index (χ0) is 17.8. The maximum Gasteiger partial charge on any atom is 0.283 e. The Hall–Kier alpha value is -1.68. The fourth-order valence-electron chi connectivity index (χ4n) is 3.23. The lowest BCUT2D eigenvalue weighted by Crippen LogP contribution is -3.12. The summed E-state index contributed by atoms with van der Waals surface area (Å²) in [6.07, 6.45) is 5.53. The molecule has 0 saturated carbocycles. The number of carbonyl (C=O) groups excluding carboxylic acids is 1. The van der Waals surface area contributed by atoms with E-state index in [2.05, 4.69) is 22.8 Å². The van der Waals surface area contributed by atoms with E-state index in [4.69, 9.17) is 0 Å². The molecule has 1 aliphatic rings. The van der Waals surface area contributed by atoms with E-state index in [1.54, 1.807) is 22.7 Å². The topological polar surface area (TPSA) is 57.3 Å². The van der Waals surface area contributed by atoms with E-state index >= 15 is 0 Å². The summed E-state index contributed by atoms with van der Waals surface area (Å²) in [5.74, 6) is -0.0121. The Labute approximate surface area is 157 Å². The van der Waals surface area contributed by atoms with E-state index in [1.165, 1.54) is 28.2 Å². The molecule has 2 aromatic heterocycles. The van der Waals surface area contributed by atoms with Gasteiger partial charge in [-0.2, -0.15) is 5.26 Å². The van der Waals surface area contributed by atoms with Gasteiger partial charge in [0.25, 0.3) is 5.91 Å². The minimum atomic E-state index is -0.171. The molecule has 0 aromatic carbocycles. The van der Waals surface area contributed by atoms with E-state index in [-0.39, 0.29) is 11.9 Å². The van der Waals surface area contributed by atoms with Crippen molar-refractivity contribution >= 4 is 33.6 Å². The van der Waals surface area contributed by atoms with Gasteiger partial charge in [-0.25, -0.2) is 0 Å². The summed E-state index contributed by atoms with van der Waals surface area (Å²) < 4.78 is 0. The Morgan fingerprint density at radius 1 is 1.40 bits per heavy atom. The van der Waals surface area contributed by atoms with Gasteiger partial charge in [-0.3, -0.25) is 4.79 Å². The van der Waals surface area contributed by atoms with Crippen molar-refractivity contribution in [2.75, 3.05) is 12.4 Å². The number of hydrogen-bond acceptors (Lipinski definition) is 4. The fourth-order valence-corrected chi connectivity index (χ4v) is 5.28. The first-order valence-corrected chi connectivity index (χ1v) is 10.5. The quantitative estimate of drug-likeness (QED) is 0.791. The zero-order valence-electron chi connectivity index (χ0n) is 14.7. The molecule has 132 valence electrons. The number of quaternary nitrogens is 1. The van der Waals surface area contributed by atoms with Crippen LogP contribution in [0.2, 0.25) is 0 Å². The van der Waals surface area contributed by atoms with Gasteiger partial charge in [0.1, 0.15) is 17.6 Å². The number of nitrogens with one attached hydrogen (secondary N) is 2. The van der Waals surface area contributed by atoms with Gasteiger partial charge in [0.05, 0.1) is 17.5 Å². The number of carbonyl (C=O) groups is 1. The van der Waals surface area contributed by atoms with Crippen LogP contribution in [-0.2, 0) is 24.2 Å². The van der Waals surface area contributed by atoms with Gasteiger partial charge in [-0.15, -0.1) is 22.7 Å². The minimum Gasteiger partial charge on any atom is -0.323 e. The molecule has 0 saturated heterocycles. The first kappa shape index (κ1) is 18.1. The third kappa shape index (κ3) is 4.12. The van der Waals surface area contributed by atoms with Gasteiger partial charge in [-0.05, 0) is 49.6 Å². The molecule has 0 spiro atoms. The number of anilines is 1. The number of hydrogen-bond donors (Lipinski definition) is 2. The van der Waals surface area contributed by atoms with Crippen LogP contribution >= 0.6 is 22.7 Å².